The average molecular weight is 382 g/mol. The van der Waals surface area contributed by atoms with E-state index >= 15 is 0 Å². The third-order valence-corrected chi connectivity index (χ3v) is 6.49. The maximum absolute atomic E-state index is 13.1. The molecule has 27 heavy (non-hydrogen) atoms. The number of carbonyl (C=O) groups excluding carboxylic acids is 1. The van der Waals surface area contributed by atoms with Gasteiger partial charge in [0.2, 0.25) is 0 Å². The molecule has 1 saturated heterocycles. The minimum atomic E-state index is 0.117. The number of hydrogen-bond acceptors (Lipinski definition) is 2. The largest absolute Gasteiger partial charge is 0.322 e. The quantitative estimate of drug-likeness (QED) is 0.613. The molecule has 1 heterocycles. The van der Waals surface area contributed by atoms with Gasteiger partial charge in [0.1, 0.15) is 5.37 Å². The van der Waals surface area contributed by atoms with E-state index in [1.807, 2.05) is 28.8 Å². The molecule has 1 fully saturated rings. The first-order chi connectivity index (χ1) is 12.9. The molecule has 0 aromatic heterocycles. The molecule has 0 radical (unpaired) electrons. The summed E-state index contributed by atoms with van der Waals surface area (Å²) >= 11 is 1.86. The molecule has 144 valence electrons. The van der Waals surface area contributed by atoms with Gasteiger partial charge in [-0.2, -0.15) is 0 Å². The zero-order chi connectivity index (χ0) is 19.4. The van der Waals surface area contributed by atoms with E-state index in [1.165, 1.54) is 29.5 Å². The topological polar surface area (TPSA) is 20.3 Å². The Morgan fingerprint density at radius 3 is 2.33 bits per heavy atom. The van der Waals surface area contributed by atoms with Gasteiger partial charge in [-0.25, -0.2) is 0 Å². The Labute approximate surface area is 168 Å². The molecule has 3 heteroatoms. The van der Waals surface area contributed by atoms with Crippen molar-refractivity contribution in [3.63, 3.8) is 0 Å². The molecule has 0 saturated carbocycles. The van der Waals surface area contributed by atoms with E-state index in [0.29, 0.717) is 0 Å². The minimum Gasteiger partial charge on any atom is -0.322 e. The lowest BCUT2D eigenvalue weighted by Crippen LogP contribution is -2.30. The number of rotatable bonds is 5. The second-order valence-electron chi connectivity index (χ2n) is 8.39. The highest BCUT2D eigenvalue weighted by Crippen LogP contribution is 2.39. The number of thioether (sulfide) groups is 1. The molecule has 2 nitrogen and oxygen atoms in total. The number of aryl methyl sites for hydroxylation is 1. The van der Waals surface area contributed by atoms with E-state index in [4.69, 9.17) is 0 Å². The summed E-state index contributed by atoms with van der Waals surface area (Å²) in [5.74, 6) is 1.14. The van der Waals surface area contributed by atoms with Crippen LogP contribution in [0, 0.1) is 0 Å². The second kappa shape index (κ2) is 8.52. The molecule has 1 atom stereocenters. The summed E-state index contributed by atoms with van der Waals surface area (Å²) in [6.45, 7) is 9.70. The molecule has 1 amide bonds. The molecular formula is C24H31NOS. The first-order valence-electron chi connectivity index (χ1n) is 10.0. The summed E-state index contributed by atoms with van der Waals surface area (Å²) in [4.78, 5) is 15.1. The highest BCUT2D eigenvalue weighted by Gasteiger charge is 2.31. The van der Waals surface area contributed by atoms with Gasteiger partial charge in [0, 0.05) is 17.9 Å². The number of benzene rings is 2. The van der Waals surface area contributed by atoms with Crippen LogP contribution in [0.25, 0.3) is 0 Å². The van der Waals surface area contributed by atoms with E-state index in [9.17, 15) is 4.79 Å². The fourth-order valence-corrected chi connectivity index (χ4v) is 4.72. The number of unbranched alkanes of at least 4 members (excludes halogenated alkanes) is 1. The zero-order valence-corrected chi connectivity index (χ0v) is 17.8. The lowest BCUT2D eigenvalue weighted by molar-refractivity contribution is 0.0760. The van der Waals surface area contributed by atoms with E-state index in [1.54, 1.807) is 0 Å². The summed E-state index contributed by atoms with van der Waals surface area (Å²) < 4.78 is 0. The standard InChI is InChI=1S/C24H31NOS/c1-5-6-7-18-8-10-19(11-9-18)22(26)25-16-17-27-23(25)20-12-14-21(15-13-20)24(2,3)4/h8-15,23H,5-7,16-17H2,1-4H3. The van der Waals surface area contributed by atoms with Crippen molar-refractivity contribution in [2.45, 2.75) is 57.7 Å². The van der Waals surface area contributed by atoms with E-state index in [2.05, 4.69) is 64.1 Å². The van der Waals surface area contributed by atoms with Crippen molar-refractivity contribution in [2.24, 2.45) is 0 Å². The van der Waals surface area contributed by atoms with E-state index in [-0.39, 0.29) is 16.7 Å². The van der Waals surface area contributed by atoms with E-state index in [0.717, 1.165) is 24.3 Å². The highest BCUT2D eigenvalue weighted by atomic mass is 32.2. The van der Waals surface area contributed by atoms with Gasteiger partial charge in [-0.15, -0.1) is 11.8 Å². The second-order valence-corrected chi connectivity index (χ2v) is 9.58. The van der Waals surface area contributed by atoms with Crippen LogP contribution in [0.3, 0.4) is 0 Å². The van der Waals surface area contributed by atoms with Crippen molar-refractivity contribution in [3.05, 3.63) is 70.8 Å². The van der Waals surface area contributed by atoms with Crippen LogP contribution >= 0.6 is 11.8 Å². The first kappa shape index (κ1) is 20.0. The molecule has 0 bridgehead atoms. The summed E-state index contributed by atoms with van der Waals surface area (Å²) in [6, 6.07) is 17.0. The van der Waals surface area contributed by atoms with E-state index < -0.39 is 0 Å². The van der Waals surface area contributed by atoms with Crippen LogP contribution in [0.5, 0.6) is 0 Å². The normalized spacial score (nSPS) is 17.3. The summed E-state index contributed by atoms with van der Waals surface area (Å²) in [5.41, 5.74) is 4.82. The molecule has 0 N–H and O–H groups in total. The number of hydrogen-bond donors (Lipinski definition) is 0. The molecule has 1 aliphatic heterocycles. The van der Waals surface area contributed by atoms with Crippen molar-refractivity contribution in [1.29, 1.82) is 0 Å². The molecular weight excluding hydrogens is 350 g/mol. The number of nitrogens with zero attached hydrogens (tertiary/aromatic N) is 1. The van der Waals surface area contributed by atoms with Crippen LogP contribution in [0.2, 0.25) is 0 Å². The summed E-state index contributed by atoms with van der Waals surface area (Å²) in [6.07, 6.45) is 3.48. The predicted molar refractivity (Wildman–Crippen MR) is 116 cm³/mol. The van der Waals surface area contributed by atoms with Gasteiger partial charge >= 0.3 is 0 Å². The Balaban J connectivity index is 1.74. The van der Waals surface area contributed by atoms with Crippen molar-refractivity contribution >= 4 is 17.7 Å². The van der Waals surface area contributed by atoms with Crippen LogP contribution in [-0.4, -0.2) is 23.1 Å². The van der Waals surface area contributed by atoms with Crippen molar-refractivity contribution < 1.29 is 4.79 Å². The SMILES string of the molecule is CCCCc1ccc(C(=O)N2CCSC2c2ccc(C(C)(C)C)cc2)cc1. The first-order valence-corrected chi connectivity index (χ1v) is 11.1. The predicted octanol–water partition coefficient (Wildman–Crippen LogP) is 6.21. The van der Waals surface area contributed by atoms with Crippen molar-refractivity contribution in [3.8, 4) is 0 Å². The monoisotopic (exact) mass is 381 g/mol. The Morgan fingerprint density at radius 2 is 1.74 bits per heavy atom. The lowest BCUT2D eigenvalue weighted by Gasteiger charge is -2.25. The van der Waals surface area contributed by atoms with Gasteiger partial charge in [-0.05, 0) is 47.1 Å². The van der Waals surface area contributed by atoms with Crippen LogP contribution in [-0.2, 0) is 11.8 Å². The Bertz CT molecular complexity index is 758. The fraction of sp³-hybridized carbons (Fsp3) is 0.458. The van der Waals surface area contributed by atoms with Crippen LogP contribution in [0.4, 0.5) is 0 Å². The maximum Gasteiger partial charge on any atom is 0.255 e. The van der Waals surface area contributed by atoms with Gasteiger partial charge in [-0.3, -0.25) is 4.79 Å². The average Bonchev–Trinajstić information content (AvgIpc) is 3.15. The number of amides is 1. The zero-order valence-electron chi connectivity index (χ0n) is 17.0. The summed E-state index contributed by atoms with van der Waals surface area (Å²) in [7, 11) is 0. The molecule has 2 aromatic carbocycles. The minimum absolute atomic E-state index is 0.117. The Hall–Kier alpha value is -1.74. The van der Waals surface area contributed by atoms with Crippen LogP contribution in [0.1, 0.15) is 73.0 Å². The third kappa shape index (κ3) is 4.76. The third-order valence-electron chi connectivity index (χ3n) is 5.23. The van der Waals surface area contributed by atoms with Crippen molar-refractivity contribution in [1.82, 2.24) is 4.90 Å². The molecule has 0 aliphatic carbocycles. The maximum atomic E-state index is 13.1. The Morgan fingerprint density at radius 1 is 1.07 bits per heavy atom. The lowest BCUT2D eigenvalue weighted by atomic mass is 9.86. The van der Waals surface area contributed by atoms with Gasteiger partial charge in [0.05, 0.1) is 0 Å². The molecule has 2 aromatic rings. The highest BCUT2D eigenvalue weighted by molar-refractivity contribution is 7.99. The number of carbonyl (C=O) groups is 1. The van der Waals surface area contributed by atoms with Gasteiger partial charge in [0.15, 0.2) is 0 Å². The van der Waals surface area contributed by atoms with Gasteiger partial charge in [0.25, 0.3) is 5.91 Å². The van der Waals surface area contributed by atoms with Crippen molar-refractivity contribution in [2.75, 3.05) is 12.3 Å². The molecule has 3 rings (SSSR count). The van der Waals surface area contributed by atoms with Crippen LogP contribution < -0.4 is 0 Å². The van der Waals surface area contributed by atoms with Gasteiger partial charge < -0.3 is 4.90 Å². The smallest absolute Gasteiger partial charge is 0.255 e. The fourth-order valence-electron chi connectivity index (χ4n) is 3.46. The summed E-state index contributed by atoms with van der Waals surface area (Å²) in [5, 5.41) is 0.117. The molecule has 1 unspecified atom stereocenters. The van der Waals surface area contributed by atoms with Gasteiger partial charge in [-0.1, -0.05) is 70.5 Å². The Kier molecular flexibility index (Phi) is 6.31. The molecule has 1 aliphatic rings. The van der Waals surface area contributed by atoms with Crippen LogP contribution in [0.15, 0.2) is 48.5 Å². The molecule has 0 spiro atoms.